The van der Waals surface area contributed by atoms with E-state index in [1.807, 2.05) is 0 Å². The SMILES string of the molecule is CCC(CN)N1CCS(=O)CC1. The summed E-state index contributed by atoms with van der Waals surface area (Å²) >= 11 is 0. The van der Waals surface area contributed by atoms with Crippen molar-refractivity contribution < 1.29 is 4.21 Å². The summed E-state index contributed by atoms with van der Waals surface area (Å²) in [6.45, 7) is 4.80. The van der Waals surface area contributed by atoms with Crippen LogP contribution in [0.3, 0.4) is 0 Å². The van der Waals surface area contributed by atoms with E-state index in [2.05, 4.69) is 11.8 Å². The summed E-state index contributed by atoms with van der Waals surface area (Å²) in [6.07, 6.45) is 1.10. The zero-order valence-corrected chi connectivity index (χ0v) is 8.48. The number of rotatable bonds is 3. The van der Waals surface area contributed by atoms with Crippen LogP contribution in [0.4, 0.5) is 0 Å². The maximum atomic E-state index is 11.1. The van der Waals surface area contributed by atoms with Crippen LogP contribution in [-0.2, 0) is 10.8 Å². The molecule has 0 bridgehead atoms. The number of nitrogens with two attached hydrogens (primary N) is 1. The minimum atomic E-state index is -0.564. The molecule has 0 amide bonds. The Morgan fingerprint density at radius 3 is 2.50 bits per heavy atom. The highest BCUT2D eigenvalue weighted by Gasteiger charge is 2.20. The molecule has 1 aliphatic heterocycles. The maximum absolute atomic E-state index is 11.1. The van der Waals surface area contributed by atoms with Gasteiger partial charge in [0.15, 0.2) is 0 Å². The topological polar surface area (TPSA) is 46.3 Å². The average molecular weight is 190 g/mol. The predicted octanol–water partition coefficient (Wildman–Crippen LogP) is -0.212. The maximum Gasteiger partial charge on any atom is 0.0363 e. The van der Waals surface area contributed by atoms with Crippen molar-refractivity contribution in [3.63, 3.8) is 0 Å². The van der Waals surface area contributed by atoms with Crippen molar-refractivity contribution in [1.82, 2.24) is 4.90 Å². The molecule has 0 spiro atoms. The van der Waals surface area contributed by atoms with Gasteiger partial charge in [-0.25, -0.2) is 0 Å². The Kier molecular flexibility index (Phi) is 4.18. The summed E-state index contributed by atoms with van der Waals surface area (Å²) in [5.41, 5.74) is 5.63. The van der Waals surface area contributed by atoms with E-state index in [0.29, 0.717) is 6.04 Å². The third kappa shape index (κ3) is 2.54. The smallest absolute Gasteiger partial charge is 0.0363 e. The molecule has 2 N–H and O–H groups in total. The normalized spacial score (nSPS) is 24.2. The van der Waals surface area contributed by atoms with E-state index in [4.69, 9.17) is 5.73 Å². The van der Waals surface area contributed by atoms with Crippen molar-refractivity contribution in [3.8, 4) is 0 Å². The Labute approximate surface area is 76.8 Å². The zero-order chi connectivity index (χ0) is 8.97. The molecular weight excluding hydrogens is 172 g/mol. The van der Waals surface area contributed by atoms with Gasteiger partial charge in [-0.15, -0.1) is 0 Å². The second kappa shape index (κ2) is 4.94. The highest BCUT2D eigenvalue weighted by Crippen LogP contribution is 2.07. The quantitative estimate of drug-likeness (QED) is 0.670. The summed E-state index contributed by atoms with van der Waals surface area (Å²) in [6, 6.07) is 0.502. The minimum Gasteiger partial charge on any atom is -0.329 e. The molecular formula is C8H18N2OS. The molecule has 1 atom stereocenters. The first kappa shape index (κ1) is 10.2. The Hall–Kier alpha value is 0.0700. The van der Waals surface area contributed by atoms with Crippen LogP contribution >= 0.6 is 0 Å². The highest BCUT2D eigenvalue weighted by molar-refractivity contribution is 7.85. The van der Waals surface area contributed by atoms with Crippen LogP contribution in [0.1, 0.15) is 13.3 Å². The van der Waals surface area contributed by atoms with Gasteiger partial charge >= 0.3 is 0 Å². The number of nitrogens with zero attached hydrogens (tertiary/aromatic N) is 1. The van der Waals surface area contributed by atoms with Gasteiger partial charge < -0.3 is 5.73 Å². The summed E-state index contributed by atoms with van der Waals surface area (Å²) in [4.78, 5) is 2.36. The van der Waals surface area contributed by atoms with Crippen LogP contribution in [0, 0.1) is 0 Å². The lowest BCUT2D eigenvalue weighted by Gasteiger charge is -2.32. The van der Waals surface area contributed by atoms with Gasteiger partial charge in [0.1, 0.15) is 0 Å². The number of hydrogen-bond acceptors (Lipinski definition) is 3. The van der Waals surface area contributed by atoms with E-state index < -0.39 is 10.8 Å². The van der Waals surface area contributed by atoms with Crippen LogP contribution in [0.5, 0.6) is 0 Å². The van der Waals surface area contributed by atoms with Gasteiger partial charge in [-0.3, -0.25) is 9.11 Å². The van der Waals surface area contributed by atoms with Crippen molar-refractivity contribution in [1.29, 1.82) is 0 Å². The van der Waals surface area contributed by atoms with Crippen molar-refractivity contribution in [2.45, 2.75) is 19.4 Å². The van der Waals surface area contributed by atoms with Gasteiger partial charge in [0.05, 0.1) is 0 Å². The third-order valence-electron chi connectivity index (χ3n) is 2.47. The molecule has 0 radical (unpaired) electrons. The minimum absolute atomic E-state index is 0.502. The van der Waals surface area contributed by atoms with Crippen LogP contribution in [0.15, 0.2) is 0 Å². The van der Waals surface area contributed by atoms with E-state index in [9.17, 15) is 4.21 Å². The Morgan fingerprint density at radius 2 is 2.08 bits per heavy atom. The summed E-state index contributed by atoms with van der Waals surface area (Å²) in [7, 11) is -0.564. The first-order valence-corrected chi connectivity index (χ1v) is 6.05. The van der Waals surface area contributed by atoms with Crippen molar-refractivity contribution >= 4 is 10.8 Å². The van der Waals surface area contributed by atoms with E-state index in [-0.39, 0.29) is 0 Å². The average Bonchev–Trinajstić information content (AvgIpc) is 2.10. The molecule has 3 nitrogen and oxygen atoms in total. The number of hydrogen-bond donors (Lipinski definition) is 1. The van der Waals surface area contributed by atoms with Gasteiger partial charge in [-0.2, -0.15) is 0 Å². The van der Waals surface area contributed by atoms with E-state index >= 15 is 0 Å². The fourth-order valence-electron chi connectivity index (χ4n) is 1.59. The lowest BCUT2D eigenvalue weighted by Crippen LogP contribution is -2.47. The van der Waals surface area contributed by atoms with E-state index in [0.717, 1.165) is 37.6 Å². The van der Waals surface area contributed by atoms with Crippen LogP contribution in [0.25, 0.3) is 0 Å². The monoisotopic (exact) mass is 190 g/mol. The molecule has 72 valence electrons. The molecule has 0 aromatic carbocycles. The largest absolute Gasteiger partial charge is 0.329 e. The van der Waals surface area contributed by atoms with Gasteiger partial charge in [0, 0.05) is 48.0 Å². The summed E-state index contributed by atoms with van der Waals surface area (Å²) in [5, 5.41) is 0. The first-order chi connectivity index (χ1) is 5.77. The molecule has 0 aromatic rings. The van der Waals surface area contributed by atoms with Crippen molar-refractivity contribution in [2.24, 2.45) is 5.73 Å². The lowest BCUT2D eigenvalue weighted by molar-refractivity contribution is 0.213. The zero-order valence-electron chi connectivity index (χ0n) is 7.66. The molecule has 1 unspecified atom stereocenters. The molecule has 1 heterocycles. The van der Waals surface area contributed by atoms with Gasteiger partial charge in [0.25, 0.3) is 0 Å². The fourth-order valence-corrected chi connectivity index (χ4v) is 2.67. The van der Waals surface area contributed by atoms with Gasteiger partial charge in [0.2, 0.25) is 0 Å². The standard InChI is InChI=1S/C8H18N2OS/c1-2-8(7-9)10-3-5-12(11)6-4-10/h8H,2-7,9H2,1H3. The van der Waals surface area contributed by atoms with E-state index in [1.165, 1.54) is 0 Å². The Balaban J connectivity index is 2.37. The first-order valence-electron chi connectivity index (χ1n) is 4.57. The molecule has 1 fully saturated rings. The highest BCUT2D eigenvalue weighted by atomic mass is 32.2. The molecule has 0 saturated carbocycles. The summed E-state index contributed by atoms with van der Waals surface area (Å²) in [5.74, 6) is 1.66. The van der Waals surface area contributed by atoms with Crippen molar-refractivity contribution in [2.75, 3.05) is 31.1 Å². The van der Waals surface area contributed by atoms with Crippen LogP contribution in [-0.4, -0.2) is 46.3 Å². The fraction of sp³-hybridized carbons (Fsp3) is 1.00. The van der Waals surface area contributed by atoms with Crippen molar-refractivity contribution in [3.05, 3.63) is 0 Å². The molecule has 1 rings (SSSR count). The van der Waals surface area contributed by atoms with E-state index in [1.54, 1.807) is 0 Å². The summed E-state index contributed by atoms with van der Waals surface area (Å²) < 4.78 is 11.1. The lowest BCUT2D eigenvalue weighted by atomic mass is 10.2. The van der Waals surface area contributed by atoms with Gasteiger partial charge in [-0.05, 0) is 6.42 Å². The van der Waals surface area contributed by atoms with Crippen LogP contribution in [0.2, 0.25) is 0 Å². The molecule has 0 aliphatic carbocycles. The predicted molar refractivity (Wildman–Crippen MR) is 52.6 cm³/mol. The Bertz CT molecular complexity index is 149. The molecule has 1 aliphatic rings. The second-order valence-corrected chi connectivity index (χ2v) is 4.88. The molecule has 4 heteroatoms. The Morgan fingerprint density at radius 1 is 1.50 bits per heavy atom. The molecule has 12 heavy (non-hydrogen) atoms. The molecule has 0 aromatic heterocycles. The second-order valence-electron chi connectivity index (χ2n) is 3.18. The van der Waals surface area contributed by atoms with Crippen LogP contribution < -0.4 is 5.73 Å². The third-order valence-corrected chi connectivity index (χ3v) is 3.75. The molecule has 1 saturated heterocycles. The van der Waals surface area contributed by atoms with Gasteiger partial charge in [-0.1, -0.05) is 6.92 Å².